The van der Waals surface area contributed by atoms with Gasteiger partial charge < -0.3 is 20.4 Å². The summed E-state index contributed by atoms with van der Waals surface area (Å²) in [5.41, 5.74) is 0.856. The van der Waals surface area contributed by atoms with E-state index in [9.17, 15) is 9.59 Å². The van der Waals surface area contributed by atoms with Crippen molar-refractivity contribution in [3.8, 4) is 0 Å². The molecular formula is C17H22ClN3O3S. The molecule has 1 unspecified atom stereocenters. The standard InChI is InChI=1S/C17H21N3O3S.ClH/c1-11-9-14(20-16(21)13-3-2-8-23-13)24-15(11)17(22)19-7-5-12-4-6-18-10-12;/h2-3,8-9,12,18H,4-7,10H2,1H3,(H,19,22)(H,20,21);1H. The van der Waals surface area contributed by atoms with Gasteiger partial charge in [-0.1, -0.05) is 0 Å². The number of halogens is 1. The fourth-order valence-corrected chi connectivity index (χ4v) is 3.77. The molecule has 0 bridgehead atoms. The van der Waals surface area contributed by atoms with E-state index >= 15 is 0 Å². The van der Waals surface area contributed by atoms with E-state index in [0.29, 0.717) is 22.3 Å². The van der Waals surface area contributed by atoms with Crippen LogP contribution in [0.4, 0.5) is 5.00 Å². The SMILES string of the molecule is Cc1cc(NC(=O)c2ccco2)sc1C(=O)NCCC1CCNC1.Cl. The maximum absolute atomic E-state index is 12.3. The Morgan fingerprint density at radius 2 is 2.24 bits per heavy atom. The number of nitrogens with one attached hydrogen (secondary N) is 3. The van der Waals surface area contributed by atoms with Gasteiger partial charge in [-0.2, -0.15) is 0 Å². The van der Waals surface area contributed by atoms with Gasteiger partial charge >= 0.3 is 0 Å². The first-order valence-corrected chi connectivity index (χ1v) is 8.89. The molecule has 8 heteroatoms. The van der Waals surface area contributed by atoms with Crippen molar-refractivity contribution in [3.63, 3.8) is 0 Å². The third-order valence-electron chi connectivity index (χ3n) is 4.11. The van der Waals surface area contributed by atoms with Crippen molar-refractivity contribution >= 4 is 40.6 Å². The second kappa shape index (κ2) is 9.03. The fraction of sp³-hybridized carbons (Fsp3) is 0.412. The molecule has 1 fully saturated rings. The van der Waals surface area contributed by atoms with E-state index in [1.54, 1.807) is 18.2 Å². The van der Waals surface area contributed by atoms with Gasteiger partial charge in [0.25, 0.3) is 11.8 Å². The third kappa shape index (κ3) is 5.07. The molecule has 6 nitrogen and oxygen atoms in total. The molecule has 25 heavy (non-hydrogen) atoms. The third-order valence-corrected chi connectivity index (χ3v) is 5.26. The Morgan fingerprint density at radius 1 is 1.40 bits per heavy atom. The minimum Gasteiger partial charge on any atom is -0.459 e. The second-order valence-corrected chi connectivity index (χ2v) is 7.01. The monoisotopic (exact) mass is 383 g/mol. The number of aryl methyl sites for hydroxylation is 1. The molecule has 3 N–H and O–H groups in total. The number of amides is 2. The molecule has 0 aliphatic carbocycles. The average molecular weight is 384 g/mol. The first kappa shape index (κ1) is 19.5. The Hall–Kier alpha value is -1.83. The maximum Gasteiger partial charge on any atom is 0.291 e. The Kier molecular flexibility index (Phi) is 7.04. The molecule has 3 heterocycles. The molecule has 1 aliphatic rings. The van der Waals surface area contributed by atoms with E-state index in [-0.39, 0.29) is 30.0 Å². The molecule has 0 radical (unpaired) electrons. The predicted octanol–water partition coefficient (Wildman–Crippen LogP) is 3.05. The molecule has 3 rings (SSSR count). The normalized spacial score (nSPS) is 16.3. The lowest BCUT2D eigenvalue weighted by Gasteiger charge is -2.09. The molecule has 0 spiro atoms. The van der Waals surface area contributed by atoms with Crippen LogP contribution in [0.1, 0.15) is 38.6 Å². The zero-order valence-corrected chi connectivity index (χ0v) is 15.6. The van der Waals surface area contributed by atoms with Gasteiger partial charge in [0.05, 0.1) is 16.1 Å². The van der Waals surface area contributed by atoms with Gasteiger partial charge in [0.15, 0.2) is 5.76 Å². The summed E-state index contributed by atoms with van der Waals surface area (Å²) < 4.78 is 5.06. The lowest BCUT2D eigenvalue weighted by atomic mass is 10.1. The van der Waals surface area contributed by atoms with Crippen LogP contribution in [0.3, 0.4) is 0 Å². The highest BCUT2D eigenvalue weighted by Crippen LogP contribution is 2.27. The van der Waals surface area contributed by atoms with Crippen molar-refractivity contribution in [2.45, 2.75) is 19.8 Å². The number of carbonyl (C=O) groups is 2. The summed E-state index contributed by atoms with van der Waals surface area (Å²) in [6, 6.07) is 5.07. The fourth-order valence-electron chi connectivity index (χ4n) is 2.78. The number of carbonyl (C=O) groups excluding carboxylic acids is 2. The highest BCUT2D eigenvalue weighted by Gasteiger charge is 2.18. The van der Waals surface area contributed by atoms with Crippen LogP contribution in [0.5, 0.6) is 0 Å². The van der Waals surface area contributed by atoms with Crippen LogP contribution in [0.15, 0.2) is 28.9 Å². The molecule has 0 aromatic carbocycles. The van der Waals surface area contributed by atoms with Gasteiger partial charge in [-0.05, 0) is 62.5 Å². The minimum absolute atomic E-state index is 0. The van der Waals surface area contributed by atoms with Gasteiger partial charge in [0.2, 0.25) is 0 Å². The van der Waals surface area contributed by atoms with E-state index in [2.05, 4.69) is 16.0 Å². The van der Waals surface area contributed by atoms with Crippen molar-refractivity contribution in [1.82, 2.24) is 10.6 Å². The van der Waals surface area contributed by atoms with Crippen LogP contribution >= 0.6 is 23.7 Å². The number of thiophene rings is 1. The quantitative estimate of drug-likeness (QED) is 0.715. The summed E-state index contributed by atoms with van der Waals surface area (Å²) in [4.78, 5) is 24.9. The Bertz CT molecular complexity index is 709. The van der Waals surface area contributed by atoms with E-state index < -0.39 is 0 Å². The molecule has 136 valence electrons. The van der Waals surface area contributed by atoms with Gasteiger partial charge in [-0.3, -0.25) is 9.59 Å². The van der Waals surface area contributed by atoms with Crippen LogP contribution in [0.25, 0.3) is 0 Å². The zero-order chi connectivity index (χ0) is 16.9. The number of rotatable bonds is 6. The molecule has 1 atom stereocenters. The zero-order valence-electron chi connectivity index (χ0n) is 14.0. The van der Waals surface area contributed by atoms with Gasteiger partial charge in [-0.15, -0.1) is 23.7 Å². The molecule has 1 aliphatic heterocycles. The van der Waals surface area contributed by atoms with E-state index in [0.717, 1.165) is 25.1 Å². The van der Waals surface area contributed by atoms with E-state index in [4.69, 9.17) is 4.42 Å². The minimum atomic E-state index is -0.318. The number of furan rings is 1. The summed E-state index contributed by atoms with van der Waals surface area (Å²) in [7, 11) is 0. The van der Waals surface area contributed by atoms with Crippen LogP contribution in [-0.2, 0) is 0 Å². The summed E-state index contributed by atoms with van der Waals surface area (Å²) in [6.45, 7) is 4.66. The summed E-state index contributed by atoms with van der Waals surface area (Å²) in [5, 5.41) is 9.70. The van der Waals surface area contributed by atoms with Crippen LogP contribution in [0, 0.1) is 12.8 Å². The second-order valence-electron chi connectivity index (χ2n) is 5.96. The van der Waals surface area contributed by atoms with Crippen molar-refractivity contribution in [2.75, 3.05) is 25.0 Å². The summed E-state index contributed by atoms with van der Waals surface area (Å²) in [6.07, 6.45) is 3.62. The van der Waals surface area contributed by atoms with Crippen LogP contribution in [-0.4, -0.2) is 31.4 Å². The lowest BCUT2D eigenvalue weighted by molar-refractivity contribution is 0.0953. The van der Waals surface area contributed by atoms with Gasteiger partial charge in [-0.25, -0.2) is 0 Å². The summed E-state index contributed by atoms with van der Waals surface area (Å²) in [5.74, 6) is 0.499. The molecular weight excluding hydrogens is 362 g/mol. The smallest absolute Gasteiger partial charge is 0.291 e. The average Bonchev–Trinajstić information content (AvgIpc) is 3.28. The molecule has 1 saturated heterocycles. The lowest BCUT2D eigenvalue weighted by Crippen LogP contribution is -2.26. The van der Waals surface area contributed by atoms with Gasteiger partial charge in [0.1, 0.15) is 0 Å². The first-order chi connectivity index (χ1) is 11.6. The topological polar surface area (TPSA) is 83.4 Å². The maximum atomic E-state index is 12.3. The molecule has 0 saturated carbocycles. The summed E-state index contributed by atoms with van der Waals surface area (Å²) >= 11 is 1.28. The molecule has 2 aromatic rings. The number of anilines is 1. The Labute approximate surface area is 156 Å². The molecule has 2 amide bonds. The number of hydrogen-bond acceptors (Lipinski definition) is 5. The highest BCUT2D eigenvalue weighted by atomic mass is 35.5. The van der Waals surface area contributed by atoms with Crippen molar-refractivity contribution < 1.29 is 14.0 Å². The van der Waals surface area contributed by atoms with E-state index in [1.807, 2.05) is 6.92 Å². The largest absolute Gasteiger partial charge is 0.459 e. The first-order valence-electron chi connectivity index (χ1n) is 8.07. The predicted molar refractivity (Wildman–Crippen MR) is 101 cm³/mol. The molecule has 2 aromatic heterocycles. The van der Waals surface area contributed by atoms with Crippen molar-refractivity contribution in [1.29, 1.82) is 0 Å². The highest BCUT2D eigenvalue weighted by molar-refractivity contribution is 7.18. The Balaban J connectivity index is 0.00000225. The van der Waals surface area contributed by atoms with Crippen molar-refractivity contribution in [3.05, 3.63) is 40.7 Å². The Morgan fingerprint density at radius 3 is 2.92 bits per heavy atom. The van der Waals surface area contributed by atoms with Crippen molar-refractivity contribution in [2.24, 2.45) is 5.92 Å². The number of hydrogen-bond donors (Lipinski definition) is 3. The van der Waals surface area contributed by atoms with Crippen LogP contribution < -0.4 is 16.0 Å². The van der Waals surface area contributed by atoms with Gasteiger partial charge in [0, 0.05) is 6.54 Å². The van der Waals surface area contributed by atoms with E-state index in [1.165, 1.54) is 24.0 Å². The van der Waals surface area contributed by atoms with Crippen LogP contribution in [0.2, 0.25) is 0 Å².